The van der Waals surface area contributed by atoms with Gasteiger partial charge >= 0.3 is 12.4 Å². The Hall–Kier alpha value is -5.28. The maximum absolute atomic E-state index is 12.3. The molecule has 204 valence electrons. The zero-order valence-corrected chi connectivity index (χ0v) is 19.6. The standard InChI is InChI=1S/C10H8F3N5O2.C10H6F3N5O/c1-20-8-6(7(14)19)4-18(17-8)5-2-15-9(16-3-5)10(11,12)13;1-14-7-5-18(17-8(7)19-2)6-3-15-9(16-4-6)10(11,12)13/h2-4H,1H3,(H2,14,19);3-5H,2H3. The lowest BCUT2D eigenvalue weighted by atomic mass is 10.3. The van der Waals surface area contributed by atoms with Crippen molar-refractivity contribution in [2.45, 2.75) is 12.4 Å². The molecular formula is C20H14F6N10O3. The highest BCUT2D eigenvalue weighted by Crippen LogP contribution is 2.29. The average molecular weight is 556 g/mol. The molecule has 0 saturated heterocycles. The monoisotopic (exact) mass is 556 g/mol. The normalized spacial score (nSPS) is 11.3. The van der Waals surface area contributed by atoms with E-state index in [0.717, 1.165) is 29.5 Å². The van der Waals surface area contributed by atoms with E-state index in [4.69, 9.17) is 21.8 Å². The van der Waals surface area contributed by atoms with Crippen molar-refractivity contribution in [1.29, 1.82) is 0 Å². The van der Waals surface area contributed by atoms with Gasteiger partial charge in [0.05, 0.1) is 51.3 Å². The number of hydrogen-bond donors (Lipinski definition) is 1. The summed E-state index contributed by atoms with van der Waals surface area (Å²) < 4.78 is 85.8. The highest BCUT2D eigenvalue weighted by molar-refractivity contribution is 5.94. The molecule has 0 bridgehead atoms. The molecule has 4 rings (SSSR count). The van der Waals surface area contributed by atoms with Gasteiger partial charge in [-0.25, -0.2) is 34.1 Å². The van der Waals surface area contributed by atoms with Gasteiger partial charge in [-0.2, -0.15) is 26.3 Å². The van der Waals surface area contributed by atoms with E-state index >= 15 is 0 Å². The molecule has 1 amide bonds. The number of primary amides is 1. The summed E-state index contributed by atoms with van der Waals surface area (Å²) in [6.45, 7) is 6.89. The first-order chi connectivity index (χ1) is 18.3. The Morgan fingerprint density at radius 2 is 1.23 bits per heavy atom. The summed E-state index contributed by atoms with van der Waals surface area (Å²) in [6.07, 6.45) is -2.91. The van der Waals surface area contributed by atoms with Crippen molar-refractivity contribution in [3.8, 4) is 23.1 Å². The third-order valence-corrected chi connectivity index (χ3v) is 4.43. The first-order valence-electron chi connectivity index (χ1n) is 10.0. The summed E-state index contributed by atoms with van der Waals surface area (Å²) in [5.74, 6) is -3.25. The van der Waals surface area contributed by atoms with Gasteiger partial charge in [-0.3, -0.25) is 4.79 Å². The fourth-order valence-electron chi connectivity index (χ4n) is 2.69. The van der Waals surface area contributed by atoms with Gasteiger partial charge in [0.2, 0.25) is 23.4 Å². The number of nitrogens with two attached hydrogens (primary N) is 1. The average Bonchev–Trinajstić information content (AvgIpc) is 3.53. The summed E-state index contributed by atoms with van der Waals surface area (Å²) >= 11 is 0. The zero-order valence-electron chi connectivity index (χ0n) is 19.6. The zero-order chi connectivity index (χ0) is 29.0. The molecule has 0 spiro atoms. The third kappa shape index (κ3) is 6.54. The highest BCUT2D eigenvalue weighted by atomic mass is 19.4. The van der Waals surface area contributed by atoms with Gasteiger partial charge < -0.3 is 15.2 Å². The number of amides is 1. The van der Waals surface area contributed by atoms with Crippen molar-refractivity contribution in [1.82, 2.24) is 39.5 Å². The van der Waals surface area contributed by atoms with Crippen molar-refractivity contribution in [2.24, 2.45) is 5.73 Å². The number of halogens is 6. The Morgan fingerprint density at radius 1 is 0.821 bits per heavy atom. The Morgan fingerprint density at radius 3 is 1.54 bits per heavy atom. The van der Waals surface area contributed by atoms with Crippen LogP contribution < -0.4 is 15.2 Å². The second-order valence-electron chi connectivity index (χ2n) is 6.97. The topological polar surface area (TPSA) is 153 Å². The van der Waals surface area contributed by atoms with E-state index in [1.54, 1.807) is 0 Å². The van der Waals surface area contributed by atoms with Crippen LogP contribution in [0.5, 0.6) is 11.8 Å². The number of alkyl halides is 6. The predicted molar refractivity (Wildman–Crippen MR) is 116 cm³/mol. The maximum Gasteiger partial charge on any atom is 0.451 e. The molecule has 4 heterocycles. The van der Waals surface area contributed by atoms with Crippen molar-refractivity contribution in [2.75, 3.05) is 14.2 Å². The lowest BCUT2D eigenvalue weighted by Gasteiger charge is -2.05. The fourth-order valence-corrected chi connectivity index (χ4v) is 2.69. The van der Waals surface area contributed by atoms with Crippen LogP contribution >= 0.6 is 0 Å². The van der Waals surface area contributed by atoms with Crippen molar-refractivity contribution < 1.29 is 40.6 Å². The fraction of sp³-hybridized carbons (Fsp3) is 0.200. The van der Waals surface area contributed by atoms with Gasteiger partial charge in [0, 0.05) is 12.4 Å². The largest absolute Gasteiger partial charge is 0.488 e. The molecule has 2 N–H and O–H groups in total. The Kier molecular flexibility index (Phi) is 7.98. The number of carbonyl (C=O) groups excluding carboxylic acids is 1. The maximum atomic E-state index is 12.3. The Bertz CT molecular complexity index is 1490. The van der Waals surface area contributed by atoms with Gasteiger partial charge in [0.15, 0.2) is 0 Å². The summed E-state index contributed by atoms with van der Waals surface area (Å²) in [7, 11) is 2.62. The van der Waals surface area contributed by atoms with Gasteiger partial charge in [-0.1, -0.05) is 0 Å². The van der Waals surface area contributed by atoms with Gasteiger partial charge in [-0.15, -0.1) is 10.2 Å². The number of nitrogens with zero attached hydrogens (tertiary/aromatic N) is 9. The van der Waals surface area contributed by atoms with Crippen LogP contribution in [-0.2, 0) is 12.4 Å². The highest BCUT2D eigenvalue weighted by Gasteiger charge is 2.35. The van der Waals surface area contributed by atoms with Crippen LogP contribution in [0.1, 0.15) is 22.0 Å². The number of methoxy groups -OCH3 is 2. The predicted octanol–water partition coefficient (Wildman–Crippen LogP) is 3.03. The molecule has 4 aromatic heterocycles. The molecule has 4 aromatic rings. The summed E-state index contributed by atoms with van der Waals surface area (Å²) in [5.41, 5.74) is 5.57. The molecular weight excluding hydrogens is 542 g/mol. The van der Waals surface area contributed by atoms with Crippen molar-refractivity contribution in [3.05, 3.63) is 65.8 Å². The molecule has 13 nitrogen and oxygen atoms in total. The van der Waals surface area contributed by atoms with Crippen LogP contribution in [0.3, 0.4) is 0 Å². The number of hydrogen-bond acceptors (Lipinski definition) is 9. The second kappa shape index (κ2) is 11.0. The third-order valence-electron chi connectivity index (χ3n) is 4.43. The summed E-state index contributed by atoms with van der Waals surface area (Å²) in [5, 5.41) is 7.73. The van der Waals surface area contributed by atoms with Crippen molar-refractivity contribution >= 4 is 11.6 Å². The van der Waals surface area contributed by atoms with E-state index in [-0.39, 0.29) is 34.4 Å². The number of carbonyl (C=O) groups is 1. The minimum atomic E-state index is -4.63. The summed E-state index contributed by atoms with van der Waals surface area (Å²) in [6, 6.07) is 0. The molecule has 0 aliphatic carbocycles. The van der Waals surface area contributed by atoms with E-state index in [9.17, 15) is 31.1 Å². The van der Waals surface area contributed by atoms with Gasteiger partial charge in [-0.05, 0) is 0 Å². The first-order valence-corrected chi connectivity index (χ1v) is 10.0. The Labute approximate surface area is 213 Å². The van der Waals surface area contributed by atoms with E-state index in [0.29, 0.717) is 0 Å². The smallest absolute Gasteiger partial charge is 0.451 e. The van der Waals surface area contributed by atoms with Crippen LogP contribution in [0, 0.1) is 6.57 Å². The molecule has 0 aliphatic heterocycles. The van der Waals surface area contributed by atoms with E-state index < -0.39 is 29.9 Å². The number of ether oxygens (including phenoxy) is 2. The Balaban J connectivity index is 0.000000216. The number of rotatable bonds is 5. The molecule has 0 fully saturated rings. The minimum Gasteiger partial charge on any atom is -0.488 e. The quantitative estimate of drug-likeness (QED) is 0.289. The van der Waals surface area contributed by atoms with Crippen LogP contribution in [0.2, 0.25) is 0 Å². The van der Waals surface area contributed by atoms with Crippen LogP contribution in [0.25, 0.3) is 16.2 Å². The minimum absolute atomic E-state index is 0.00704. The molecule has 0 radical (unpaired) electrons. The molecule has 19 heteroatoms. The molecule has 0 atom stereocenters. The van der Waals surface area contributed by atoms with Crippen LogP contribution in [0.15, 0.2) is 37.2 Å². The summed E-state index contributed by atoms with van der Waals surface area (Å²) in [4.78, 5) is 27.1. The SMILES string of the molecule is COc1nn(-c2cnc(C(F)(F)F)nc2)cc1C(N)=O.[C-]#[N+]c1cn(-c2cnc(C(F)(F)F)nc2)nc1OC. The molecule has 0 aliphatic rings. The van der Waals surface area contributed by atoms with Gasteiger partial charge in [0.1, 0.15) is 11.3 Å². The van der Waals surface area contributed by atoms with Crippen LogP contribution in [-0.4, -0.2) is 59.6 Å². The van der Waals surface area contributed by atoms with E-state index in [2.05, 4.69) is 35.0 Å². The first kappa shape index (κ1) is 28.3. The molecule has 0 aromatic carbocycles. The lowest BCUT2D eigenvalue weighted by molar-refractivity contribution is -0.145. The number of aromatic nitrogens is 8. The van der Waals surface area contributed by atoms with Gasteiger partial charge in [0.25, 0.3) is 11.6 Å². The second-order valence-corrected chi connectivity index (χ2v) is 6.97. The lowest BCUT2D eigenvalue weighted by Crippen LogP contribution is -2.11. The van der Waals surface area contributed by atoms with Crippen LogP contribution in [0.4, 0.5) is 32.0 Å². The molecule has 0 saturated carbocycles. The molecule has 39 heavy (non-hydrogen) atoms. The molecule has 0 unspecified atom stereocenters. The van der Waals surface area contributed by atoms with E-state index in [1.165, 1.54) is 31.3 Å². The van der Waals surface area contributed by atoms with Crippen molar-refractivity contribution in [3.63, 3.8) is 0 Å². The van der Waals surface area contributed by atoms with E-state index in [1.807, 2.05) is 0 Å².